The van der Waals surface area contributed by atoms with Crippen molar-refractivity contribution in [2.24, 2.45) is 5.92 Å². The van der Waals surface area contributed by atoms with Gasteiger partial charge in [-0.05, 0) is 36.6 Å². The lowest BCUT2D eigenvalue weighted by Crippen LogP contribution is -2.44. The molecule has 0 saturated heterocycles. The van der Waals surface area contributed by atoms with Crippen LogP contribution in [0, 0.1) is 5.92 Å². The van der Waals surface area contributed by atoms with Crippen LogP contribution in [0.25, 0.3) is 0 Å². The SMILES string of the molecule is CC(C)C(=O)N1Cc2cc3c(cc2CC1C)OCO3. The highest BCUT2D eigenvalue weighted by molar-refractivity contribution is 5.78. The average molecular weight is 261 g/mol. The van der Waals surface area contributed by atoms with E-state index in [1.165, 1.54) is 11.1 Å². The summed E-state index contributed by atoms with van der Waals surface area (Å²) in [5.41, 5.74) is 2.45. The Morgan fingerprint density at radius 2 is 1.89 bits per heavy atom. The average Bonchev–Trinajstić information content (AvgIpc) is 2.81. The summed E-state index contributed by atoms with van der Waals surface area (Å²) in [5, 5.41) is 0. The number of hydrogen-bond acceptors (Lipinski definition) is 3. The molecule has 102 valence electrons. The monoisotopic (exact) mass is 261 g/mol. The van der Waals surface area contributed by atoms with E-state index in [2.05, 4.69) is 13.0 Å². The van der Waals surface area contributed by atoms with Crippen molar-refractivity contribution in [2.45, 2.75) is 39.8 Å². The maximum atomic E-state index is 12.2. The molecule has 4 nitrogen and oxygen atoms in total. The van der Waals surface area contributed by atoms with Crippen LogP contribution in [-0.4, -0.2) is 23.6 Å². The van der Waals surface area contributed by atoms with Crippen LogP contribution in [0.4, 0.5) is 0 Å². The first-order valence-electron chi connectivity index (χ1n) is 6.78. The molecule has 1 unspecified atom stereocenters. The molecule has 3 rings (SSSR count). The number of nitrogens with zero attached hydrogens (tertiary/aromatic N) is 1. The van der Waals surface area contributed by atoms with Crippen molar-refractivity contribution in [1.82, 2.24) is 4.90 Å². The number of carbonyl (C=O) groups excluding carboxylic acids is 1. The van der Waals surface area contributed by atoms with E-state index in [4.69, 9.17) is 9.47 Å². The molecule has 1 aromatic rings. The van der Waals surface area contributed by atoms with Crippen molar-refractivity contribution in [3.05, 3.63) is 23.3 Å². The Bertz CT molecular complexity index is 524. The predicted molar refractivity (Wildman–Crippen MR) is 71.1 cm³/mol. The molecule has 19 heavy (non-hydrogen) atoms. The molecule has 0 aliphatic carbocycles. The van der Waals surface area contributed by atoms with Crippen LogP contribution in [0.3, 0.4) is 0 Å². The predicted octanol–water partition coefficient (Wildman–Crippen LogP) is 2.34. The molecular formula is C15H19NO3. The summed E-state index contributed by atoms with van der Waals surface area (Å²) >= 11 is 0. The zero-order chi connectivity index (χ0) is 13.6. The molecule has 1 aromatic carbocycles. The number of benzene rings is 1. The summed E-state index contributed by atoms with van der Waals surface area (Å²) in [5.74, 6) is 1.88. The summed E-state index contributed by atoms with van der Waals surface area (Å²) in [7, 11) is 0. The Labute approximate surface area is 113 Å². The van der Waals surface area contributed by atoms with E-state index < -0.39 is 0 Å². The van der Waals surface area contributed by atoms with E-state index >= 15 is 0 Å². The maximum Gasteiger partial charge on any atom is 0.231 e. The molecule has 4 heteroatoms. The van der Waals surface area contributed by atoms with Gasteiger partial charge in [0.15, 0.2) is 11.5 Å². The third-order valence-electron chi connectivity index (χ3n) is 3.86. The van der Waals surface area contributed by atoms with Crippen molar-refractivity contribution in [1.29, 1.82) is 0 Å². The standard InChI is InChI=1S/C15H19NO3/c1-9(2)15(17)16-7-12-6-14-13(18-8-19-14)5-11(12)4-10(16)3/h5-6,9-10H,4,7-8H2,1-3H3. The smallest absolute Gasteiger partial charge is 0.231 e. The topological polar surface area (TPSA) is 38.8 Å². The Balaban J connectivity index is 1.92. The van der Waals surface area contributed by atoms with Gasteiger partial charge in [0.05, 0.1) is 0 Å². The van der Waals surface area contributed by atoms with Gasteiger partial charge in [-0.15, -0.1) is 0 Å². The lowest BCUT2D eigenvalue weighted by atomic mass is 9.93. The van der Waals surface area contributed by atoms with Crippen LogP contribution in [0.2, 0.25) is 0 Å². The summed E-state index contributed by atoms with van der Waals surface area (Å²) in [4.78, 5) is 14.2. The zero-order valence-corrected chi connectivity index (χ0v) is 11.6. The fourth-order valence-electron chi connectivity index (χ4n) is 2.76. The van der Waals surface area contributed by atoms with Gasteiger partial charge in [-0.1, -0.05) is 13.8 Å². The van der Waals surface area contributed by atoms with E-state index in [0.29, 0.717) is 13.3 Å². The second-order valence-electron chi connectivity index (χ2n) is 5.65. The fourth-order valence-corrected chi connectivity index (χ4v) is 2.76. The highest BCUT2D eigenvalue weighted by Crippen LogP contribution is 2.37. The quantitative estimate of drug-likeness (QED) is 0.779. The van der Waals surface area contributed by atoms with Gasteiger partial charge in [0.1, 0.15) is 0 Å². The molecule has 0 aromatic heterocycles. The van der Waals surface area contributed by atoms with Crippen LogP contribution in [0.15, 0.2) is 12.1 Å². The number of hydrogen-bond donors (Lipinski definition) is 0. The number of carbonyl (C=O) groups is 1. The second kappa shape index (κ2) is 4.44. The molecule has 1 atom stereocenters. The summed E-state index contributed by atoms with van der Waals surface area (Å²) in [6, 6.07) is 4.32. The van der Waals surface area contributed by atoms with Crippen LogP contribution < -0.4 is 9.47 Å². The lowest BCUT2D eigenvalue weighted by Gasteiger charge is -2.36. The number of rotatable bonds is 1. The van der Waals surface area contributed by atoms with E-state index in [9.17, 15) is 4.79 Å². The molecule has 1 amide bonds. The highest BCUT2D eigenvalue weighted by Gasteiger charge is 2.30. The van der Waals surface area contributed by atoms with Crippen molar-refractivity contribution in [2.75, 3.05) is 6.79 Å². The molecule has 0 radical (unpaired) electrons. The van der Waals surface area contributed by atoms with Gasteiger partial charge >= 0.3 is 0 Å². The molecular weight excluding hydrogens is 242 g/mol. The van der Waals surface area contributed by atoms with Gasteiger partial charge in [0, 0.05) is 18.5 Å². The van der Waals surface area contributed by atoms with Crippen molar-refractivity contribution < 1.29 is 14.3 Å². The second-order valence-corrected chi connectivity index (χ2v) is 5.65. The first-order chi connectivity index (χ1) is 9.06. The zero-order valence-electron chi connectivity index (χ0n) is 11.6. The normalized spacial score (nSPS) is 20.6. The number of fused-ring (bicyclic) bond motifs is 2. The molecule has 0 N–H and O–H groups in total. The largest absolute Gasteiger partial charge is 0.454 e. The maximum absolute atomic E-state index is 12.2. The Morgan fingerprint density at radius 3 is 2.53 bits per heavy atom. The number of ether oxygens (including phenoxy) is 2. The third-order valence-corrected chi connectivity index (χ3v) is 3.86. The van der Waals surface area contributed by atoms with E-state index in [1.807, 2.05) is 24.8 Å². The lowest BCUT2D eigenvalue weighted by molar-refractivity contribution is -0.137. The summed E-state index contributed by atoms with van der Waals surface area (Å²) < 4.78 is 10.8. The van der Waals surface area contributed by atoms with Gasteiger partial charge in [-0.25, -0.2) is 0 Å². The Hall–Kier alpha value is -1.71. The minimum absolute atomic E-state index is 0.0398. The van der Waals surface area contributed by atoms with Gasteiger partial charge in [-0.2, -0.15) is 0 Å². The molecule has 2 aliphatic rings. The number of amides is 1. The van der Waals surface area contributed by atoms with Gasteiger partial charge < -0.3 is 14.4 Å². The van der Waals surface area contributed by atoms with Gasteiger partial charge in [0.2, 0.25) is 12.7 Å². The van der Waals surface area contributed by atoms with Crippen LogP contribution in [0.5, 0.6) is 11.5 Å². The molecule has 0 fully saturated rings. The fraction of sp³-hybridized carbons (Fsp3) is 0.533. The molecule has 2 heterocycles. The molecule has 0 spiro atoms. The van der Waals surface area contributed by atoms with Crippen LogP contribution >= 0.6 is 0 Å². The van der Waals surface area contributed by atoms with Crippen molar-refractivity contribution >= 4 is 5.91 Å². The highest BCUT2D eigenvalue weighted by atomic mass is 16.7. The van der Waals surface area contributed by atoms with Crippen molar-refractivity contribution in [3.8, 4) is 11.5 Å². The van der Waals surface area contributed by atoms with E-state index in [0.717, 1.165) is 17.9 Å². The minimum Gasteiger partial charge on any atom is -0.454 e. The first-order valence-corrected chi connectivity index (χ1v) is 6.78. The third kappa shape index (κ3) is 2.05. The van der Waals surface area contributed by atoms with E-state index in [1.54, 1.807) is 0 Å². The summed E-state index contributed by atoms with van der Waals surface area (Å²) in [6.07, 6.45) is 0.879. The van der Waals surface area contributed by atoms with Gasteiger partial charge in [0.25, 0.3) is 0 Å². The Kier molecular flexibility index (Phi) is 2.88. The first kappa shape index (κ1) is 12.3. The molecule has 0 saturated carbocycles. The van der Waals surface area contributed by atoms with Crippen LogP contribution in [0.1, 0.15) is 31.9 Å². The molecule has 2 aliphatic heterocycles. The van der Waals surface area contributed by atoms with Crippen molar-refractivity contribution in [3.63, 3.8) is 0 Å². The molecule has 0 bridgehead atoms. The summed E-state index contributed by atoms with van der Waals surface area (Å²) in [6.45, 7) is 6.97. The Morgan fingerprint density at radius 1 is 1.26 bits per heavy atom. The van der Waals surface area contributed by atoms with Crippen LogP contribution in [-0.2, 0) is 17.8 Å². The van der Waals surface area contributed by atoms with Gasteiger partial charge in [-0.3, -0.25) is 4.79 Å². The van der Waals surface area contributed by atoms with E-state index in [-0.39, 0.29) is 17.9 Å². The minimum atomic E-state index is 0.0398.